The molecule has 1 heterocycles. The zero-order valence-corrected chi connectivity index (χ0v) is 15.6. The van der Waals surface area contributed by atoms with Gasteiger partial charge in [0.25, 0.3) is 5.70 Å². The molecular weight excluding hydrogens is 381 g/mol. The first kappa shape index (κ1) is 20.2. The number of ketones is 1. The molecule has 2 aromatic rings. The van der Waals surface area contributed by atoms with Gasteiger partial charge in [0, 0.05) is 17.6 Å². The lowest BCUT2D eigenvalue weighted by atomic mass is 9.90. The third-order valence-electron chi connectivity index (χ3n) is 4.46. The van der Waals surface area contributed by atoms with Crippen LogP contribution >= 0.6 is 0 Å². The summed E-state index contributed by atoms with van der Waals surface area (Å²) in [6, 6.07) is 11.9. The molecule has 150 valence electrons. The molecule has 0 unspecified atom stereocenters. The van der Waals surface area contributed by atoms with Gasteiger partial charge in [-0.1, -0.05) is 30.3 Å². The highest BCUT2D eigenvalue weighted by Crippen LogP contribution is 2.39. The molecule has 0 aliphatic carbocycles. The van der Waals surface area contributed by atoms with Gasteiger partial charge in [0.2, 0.25) is 0 Å². The van der Waals surface area contributed by atoms with Gasteiger partial charge in [-0.3, -0.25) is 19.7 Å². The Kier molecular flexibility index (Phi) is 6.01. The van der Waals surface area contributed by atoms with Gasteiger partial charge in [0.15, 0.2) is 11.9 Å². The molecule has 0 saturated heterocycles. The first-order valence-corrected chi connectivity index (χ1v) is 8.99. The van der Waals surface area contributed by atoms with E-state index in [1.54, 1.807) is 31.2 Å². The molecule has 0 fully saturated rings. The number of halogens is 1. The summed E-state index contributed by atoms with van der Waals surface area (Å²) < 4.78 is 24.6. The van der Waals surface area contributed by atoms with Crippen LogP contribution in [0, 0.1) is 15.9 Å². The van der Waals surface area contributed by atoms with Gasteiger partial charge in [0.1, 0.15) is 11.6 Å². The third kappa shape index (κ3) is 4.31. The Morgan fingerprint density at radius 1 is 1.17 bits per heavy atom. The normalized spacial score (nSPS) is 15.3. The van der Waals surface area contributed by atoms with Gasteiger partial charge in [-0.05, 0) is 25.1 Å². The average molecular weight is 399 g/mol. The van der Waals surface area contributed by atoms with Crippen molar-refractivity contribution in [3.05, 3.63) is 81.3 Å². The maximum atomic E-state index is 14.0. The van der Waals surface area contributed by atoms with Crippen LogP contribution in [-0.4, -0.2) is 29.4 Å². The summed E-state index contributed by atoms with van der Waals surface area (Å²) in [5.74, 6) is -1.66. The summed E-state index contributed by atoms with van der Waals surface area (Å²) in [7, 11) is 0. The summed E-state index contributed by atoms with van der Waals surface area (Å²) in [4.78, 5) is 35.8. The number of esters is 1. The number of fused-ring (bicyclic) bond motifs is 1. The van der Waals surface area contributed by atoms with E-state index in [1.807, 2.05) is 0 Å². The number of nitro groups is 1. The molecule has 1 aliphatic heterocycles. The van der Waals surface area contributed by atoms with E-state index in [0.717, 1.165) is 6.07 Å². The standard InChI is InChI=1S/C21H18FNO6/c1-2-28-20(25)12-19-21(23(26)27)15(13-7-4-6-10-18(13)29-19)11-17(24)14-8-3-5-9-16(14)22/h3-10,19H,2,11-12H2,1H3/t19-/m0/s1. The van der Waals surface area contributed by atoms with Crippen molar-refractivity contribution < 1.29 is 28.4 Å². The smallest absolute Gasteiger partial charge is 0.310 e. The third-order valence-corrected chi connectivity index (χ3v) is 4.46. The van der Waals surface area contributed by atoms with Crippen LogP contribution in [0.4, 0.5) is 4.39 Å². The van der Waals surface area contributed by atoms with E-state index in [9.17, 15) is 24.1 Å². The molecule has 2 aromatic carbocycles. The van der Waals surface area contributed by atoms with E-state index in [0.29, 0.717) is 11.3 Å². The van der Waals surface area contributed by atoms with Crippen molar-refractivity contribution in [2.24, 2.45) is 0 Å². The predicted molar refractivity (Wildman–Crippen MR) is 101 cm³/mol. The van der Waals surface area contributed by atoms with E-state index in [2.05, 4.69) is 0 Å². The first-order chi connectivity index (χ1) is 13.9. The molecule has 8 heteroatoms. The number of Topliss-reactive ketones (excluding diaryl/α,β-unsaturated/α-hetero) is 1. The Bertz CT molecular complexity index is 1000. The Morgan fingerprint density at radius 3 is 2.55 bits per heavy atom. The van der Waals surface area contributed by atoms with E-state index in [-0.39, 0.29) is 24.2 Å². The molecule has 0 saturated carbocycles. The minimum absolute atomic E-state index is 0.0967. The van der Waals surface area contributed by atoms with Crippen LogP contribution in [0.2, 0.25) is 0 Å². The van der Waals surface area contributed by atoms with Crippen LogP contribution in [0.5, 0.6) is 5.75 Å². The second-order valence-electron chi connectivity index (χ2n) is 6.31. The van der Waals surface area contributed by atoms with Crippen LogP contribution in [0.1, 0.15) is 35.7 Å². The number of para-hydroxylation sites is 1. The van der Waals surface area contributed by atoms with Gasteiger partial charge in [0.05, 0.1) is 23.5 Å². The van der Waals surface area contributed by atoms with Gasteiger partial charge in [-0.15, -0.1) is 0 Å². The zero-order valence-electron chi connectivity index (χ0n) is 15.6. The minimum Gasteiger partial charge on any atom is -0.478 e. The summed E-state index contributed by atoms with van der Waals surface area (Å²) in [6.07, 6.45) is -2.00. The van der Waals surface area contributed by atoms with Gasteiger partial charge in [-0.25, -0.2) is 4.39 Å². The molecule has 3 rings (SSSR count). The lowest BCUT2D eigenvalue weighted by molar-refractivity contribution is -0.434. The minimum atomic E-state index is -1.22. The topological polar surface area (TPSA) is 95.7 Å². The number of carbonyl (C=O) groups is 2. The van der Waals surface area contributed by atoms with Crippen LogP contribution in [0.15, 0.2) is 54.2 Å². The Labute approximate surface area is 165 Å². The van der Waals surface area contributed by atoms with Crippen LogP contribution in [0.3, 0.4) is 0 Å². The number of benzene rings is 2. The lowest BCUT2D eigenvalue weighted by Gasteiger charge is -2.25. The summed E-state index contributed by atoms with van der Waals surface area (Å²) in [5.41, 5.74) is -0.0987. The van der Waals surface area contributed by atoms with Crippen molar-refractivity contribution in [1.29, 1.82) is 0 Å². The second-order valence-corrected chi connectivity index (χ2v) is 6.31. The quantitative estimate of drug-likeness (QED) is 0.304. The molecule has 0 N–H and O–H groups in total. The number of hydrogen-bond donors (Lipinski definition) is 0. The number of rotatable bonds is 7. The summed E-state index contributed by atoms with van der Waals surface area (Å²) >= 11 is 0. The van der Waals surface area contributed by atoms with Crippen molar-refractivity contribution in [3.63, 3.8) is 0 Å². The summed E-state index contributed by atoms with van der Waals surface area (Å²) in [5, 5.41) is 11.8. The van der Waals surface area contributed by atoms with E-state index < -0.39 is 40.7 Å². The van der Waals surface area contributed by atoms with Gasteiger partial charge < -0.3 is 9.47 Å². The molecule has 7 nitrogen and oxygen atoms in total. The highest BCUT2D eigenvalue weighted by molar-refractivity contribution is 6.03. The van der Waals surface area contributed by atoms with Crippen molar-refractivity contribution in [1.82, 2.24) is 0 Å². The lowest BCUT2D eigenvalue weighted by Crippen LogP contribution is -2.32. The van der Waals surface area contributed by atoms with E-state index in [1.165, 1.54) is 18.2 Å². The molecule has 0 bridgehead atoms. The largest absolute Gasteiger partial charge is 0.478 e. The molecule has 0 spiro atoms. The molecule has 0 aromatic heterocycles. The van der Waals surface area contributed by atoms with Gasteiger partial charge >= 0.3 is 5.97 Å². The average Bonchev–Trinajstić information content (AvgIpc) is 2.68. The SMILES string of the molecule is CCOC(=O)C[C@@H]1Oc2ccccc2C(CC(=O)c2ccccc2F)=C1[N+](=O)[O-]. The maximum Gasteiger partial charge on any atom is 0.310 e. The number of allylic oxidation sites excluding steroid dienone is 1. The molecule has 1 aliphatic rings. The van der Waals surface area contributed by atoms with Crippen LogP contribution in [-0.2, 0) is 9.53 Å². The van der Waals surface area contributed by atoms with Crippen LogP contribution in [0.25, 0.3) is 5.57 Å². The summed E-state index contributed by atoms with van der Waals surface area (Å²) in [6.45, 7) is 1.75. The molecule has 0 amide bonds. The van der Waals surface area contributed by atoms with Crippen molar-refractivity contribution in [2.75, 3.05) is 6.61 Å². The molecule has 0 radical (unpaired) electrons. The Morgan fingerprint density at radius 2 is 1.86 bits per heavy atom. The fraction of sp³-hybridized carbons (Fsp3) is 0.238. The maximum absolute atomic E-state index is 14.0. The Balaban J connectivity index is 2.06. The van der Waals surface area contributed by atoms with Crippen LogP contribution < -0.4 is 4.74 Å². The van der Waals surface area contributed by atoms with E-state index >= 15 is 0 Å². The van der Waals surface area contributed by atoms with Crippen molar-refractivity contribution in [2.45, 2.75) is 25.9 Å². The van der Waals surface area contributed by atoms with Crippen molar-refractivity contribution >= 4 is 17.3 Å². The zero-order chi connectivity index (χ0) is 21.0. The first-order valence-electron chi connectivity index (χ1n) is 8.99. The fourth-order valence-electron chi connectivity index (χ4n) is 3.23. The highest BCUT2D eigenvalue weighted by Gasteiger charge is 2.39. The van der Waals surface area contributed by atoms with Gasteiger partial charge in [-0.2, -0.15) is 0 Å². The van der Waals surface area contributed by atoms with E-state index in [4.69, 9.17) is 9.47 Å². The molecular formula is C21H18FNO6. The highest BCUT2D eigenvalue weighted by atomic mass is 19.1. The number of nitrogens with zero attached hydrogens (tertiary/aromatic N) is 1. The predicted octanol–water partition coefficient (Wildman–Crippen LogP) is 3.80. The number of hydrogen-bond acceptors (Lipinski definition) is 6. The number of carbonyl (C=O) groups excluding carboxylic acids is 2. The Hall–Kier alpha value is -3.55. The number of ether oxygens (including phenoxy) is 2. The molecule has 1 atom stereocenters. The van der Waals surface area contributed by atoms with Crippen molar-refractivity contribution in [3.8, 4) is 5.75 Å². The monoisotopic (exact) mass is 399 g/mol. The second kappa shape index (κ2) is 8.64. The fourth-order valence-corrected chi connectivity index (χ4v) is 3.23. The molecule has 29 heavy (non-hydrogen) atoms.